The van der Waals surface area contributed by atoms with Crippen LogP contribution in [0, 0.1) is 0 Å². The summed E-state index contributed by atoms with van der Waals surface area (Å²) < 4.78 is 6.83. The summed E-state index contributed by atoms with van der Waals surface area (Å²) in [6, 6.07) is 96.3. The van der Waals surface area contributed by atoms with Gasteiger partial charge in [0.05, 0.1) is 11.1 Å². The lowest BCUT2D eigenvalue weighted by Gasteiger charge is -2.35. The molecule has 0 radical (unpaired) electrons. The number of hydrogen-bond donors (Lipinski definition) is 0. The van der Waals surface area contributed by atoms with Crippen LogP contribution in [0.15, 0.2) is 265 Å². The molecule has 0 bridgehead atoms. The molecule has 1 aromatic heterocycles. The van der Waals surface area contributed by atoms with E-state index in [2.05, 4.69) is 280 Å². The maximum Gasteiger partial charge on any atom is 0.143 e. The van der Waals surface area contributed by atoms with Crippen molar-refractivity contribution in [3.8, 4) is 55.6 Å². The van der Waals surface area contributed by atoms with E-state index in [4.69, 9.17) is 4.42 Å². The topological polar surface area (TPSA) is 16.4 Å². The Labute approximate surface area is 420 Å². The van der Waals surface area contributed by atoms with E-state index in [-0.39, 0.29) is 5.41 Å². The van der Waals surface area contributed by atoms with E-state index in [9.17, 15) is 0 Å². The van der Waals surface area contributed by atoms with Crippen molar-refractivity contribution in [2.24, 2.45) is 0 Å². The largest absolute Gasteiger partial charge is 0.455 e. The molecule has 340 valence electrons. The first kappa shape index (κ1) is 41.9. The van der Waals surface area contributed by atoms with Crippen LogP contribution >= 0.6 is 0 Å². The highest BCUT2D eigenvalue weighted by molar-refractivity contribution is 6.11. The van der Waals surface area contributed by atoms with Crippen molar-refractivity contribution in [3.05, 3.63) is 294 Å². The molecule has 1 heterocycles. The lowest BCUT2D eigenvalue weighted by atomic mass is 9.67. The van der Waals surface area contributed by atoms with Gasteiger partial charge < -0.3 is 9.32 Å². The van der Waals surface area contributed by atoms with Gasteiger partial charge in [-0.25, -0.2) is 0 Å². The summed E-state index contributed by atoms with van der Waals surface area (Å²) in [7, 11) is 0. The monoisotopic (exact) mass is 919 g/mol. The average Bonchev–Trinajstić information content (AvgIpc) is 4.05. The van der Waals surface area contributed by atoms with Crippen LogP contribution in [0.3, 0.4) is 0 Å². The van der Waals surface area contributed by atoms with Gasteiger partial charge in [-0.15, -0.1) is 0 Å². The molecule has 0 aliphatic heterocycles. The van der Waals surface area contributed by atoms with E-state index in [0.29, 0.717) is 0 Å². The Hall–Kier alpha value is -8.98. The van der Waals surface area contributed by atoms with Gasteiger partial charge in [0, 0.05) is 38.7 Å². The molecule has 2 nitrogen and oxygen atoms in total. The van der Waals surface area contributed by atoms with Crippen molar-refractivity contribution >= 4 is 39.0 Å². The van der Waals surface area contributed by atoms with Gasteiger partial charge in [-0.2, -0.15) is 0 Å². The molecule has 0 fully saturated rings. The number of rotatable bonds is 8. The zero-order chi connectivity index (χ0) is 48.0. The van der Waals surface area contributed by atoms with Gasteiger partial charge in [0.25, 0.3) is 0 Å². The lowest BCUT2D eigenvalue weighted by Crippen LogP contribution is -2.29. The van der Waals surface area contributed by atoms with Crippen molar-refractivity contribution in [2.75, 3.05) is 4.90 Å². The Balaban J connectivity index is 1.08. The van der Waals surface area contributed by atoms with Crippen LogP contribution in [0.25, 0.3) is 77.6 Å². The molecule has 0 saturated carbocycles. The van der Waals surface area contributed by atoms with Gasteiger partial charge in [0.2, 0.25) is 0 Å². The fourth-order valence-corrected chi connectivity index (χ4v) is 12.5. The van der Waals surface area contributed by atoms with Gasteiger partial charge in [0.15, 0.2) is 0 Å². The molecule has 12 aromatic rings. The molecule has 2 heteroatoms. The quantitative estimate of drug-likeness (QED) is 0.151. The first-order valence-electron chi connectivity index (χ1n) is 25.1. The first-order valence-corrected chi connectivity index (χ1v) is 25.1. The number of benzene rings is 11. The minimum absolute atomic E-state index is 0.183. The normalized spacial score (nSPS) is 15.0. The molecule has 0 amide bonds. The standard InChI is InChI=1S/C70H49NO/c1-69(2)61-35-15-12-30-54(61)55-41-39-51(44-63(55)69)71(65-37-16-13-29-53(65)47-23-8-4-9-24-47)52-40-42-60-64(45-52)70(49-26-10-5-11-27-49,50-28-18-25-48(43-50)46-21-6-3-7-22-46)62-36-20-32-57(67(60)62)59-34-19-33-58-56-31-14-17-38-66(56)72-68(58)59/h3-45H,1-2H3. The molecule has 0 N–H and O–H groups in total. The van der Waals surface area contributed by atoms with Crippen molar-refractivity contribution in [2.45, 2.75) is 24.7 Å². The van der Waals surface area contributed by atoms with E-state index in [1.165, 1.54) is 72.3 Å². The maximum absolute atomic E-state index is 6.83. The molecule has 0 spiro atoms. The molecular weight excluding hydrogens is 871 g/mol. The maximum atomic E-state index is 6.83. The van der Waals surface area contributed by atoms with Gasteiger partial charge >= 0.3 is 0 Å². The number of anilines is 3. The molecule has 1 unspecified atom stereocenters. The van der Waals surface area contributed by atoms with Crippen LogP contribution in [0.4, 0.5) is 17.1 Å². The molecule has 72 heavy (non-hydrogen) atoms. The molecular formula is C70H49NO. The number of nitrogens with zero attached hydrogens (tertiary/aromatic N) is 1. The summed E-state index contributed by atoms with van der Waals surface area (Å²) in [4.78, 5) is 2.51. The smallest absolute Gasteiger partial charge is 0.143 e. The third-order valence-corrected chi connectivity index (χ3v) is 15.8. The number of hydrogen-bond acceptors (Lipinski definition) is 2. The van der Waals surface area contributed by atoms with Crippen molar-refractivity contribution < 1.29 is 4.42 Å². The highest BCUT2D eigenvalue weighted by Gasteiger charge is 2.48. The molecule has 2 aliphatic carbocycles. The Morgan fingerprint density at radius 1 is 0.333 bits per heavy atom. The van der Waals surface area contributed by atoms with Crippen LogP contribution in [0.5, 0.6) is 0 Å². The van der Waals surface area contributed by atoms with Gasteiger partial charge in [0.1, 0.15) is 11.2 Å². The highest BCUT2D eigenvalue weighted by atomic mass is 16.3. The van der Waals surface area contributed by atoms with Crippen LogP contribution in [-0.2, 0) is 10.8 Å². The van der Waals surface area contributed by atoms with E-state index < -0.39 is 5.41 Å². The van der Waals surface area contributed by atoms with Crippen LogP contribution in [0.2, 0.25) is 0 Å². The fraction of sp³-hybridized carbons (Fsp3) is 0.0571. The molecule has 0 saturated heterocycles. The zero-order valence-corrected chi connectivity index (χ0v) is 40.2. The Kier molecular flexibility index (Phi) is 9.50. The second-order valence-electron chi connectivity index (χ2n) is 19.9. The summed E-state index contributed by atoms with van der Waals surface area (Å²) >= 11 is 0. The third-order valence-electron chi connectivity index (χ3n) is 15.8. The van der Waals surface area contributed by atoms with Gasteiger partial charge in [-0.05, 0) is 120 Å². The average molecular weight is 920 g/mol. The number of para-hydroxylation sites is 3. The predicted molar refractivity (Wildman–Crippen MR) is 300 cm³/mol. The Morgan fingerprint density at radius 3 is 1.68 bits per heavy atom. The summed E-state index contributed by atoms with van der Waals surface area (Å²) in [6.07, 6.45) is 0. The molecule has 2 aliphatic rings. The summed E-state index contributed by atoms with van der Waals surface area (Å²) in [6.45, 7) is 4.75. The third kappa shape index (κ3) is 6.22. The Bertz CT molecular complexity index is 4070. The Morgan fingerprint density at radius 2 is 0.875 bits per heavy atom. The lowest BCUT2D eigenvalue weighted by molar-refractivity contribution is 0.660. The van der Waals surface area contributed by atoms with Crippen LogP contribution < -0.4 is 4.90 Å². The second kappa shape index (κ2) is 16.3. The van der Waals surface area contributed by atoms with E-state index in [1.807, 2.05) is 0 Å². The first-order chi connectivity index (χ1) is 35.5. The van der Waals surface area contributed by atoms with Gasteiger partial charge in [-0.1, -0.05) is 232 Å². The van der Waals surface area contributed by atoms with E-state index >= 15 is 0 Å². The number of furan rings is 1. The van der Waals surface area contributed by atoms with E-state index in [1.54, 1.807) is 0 Å². The number of fused-ring (bicyclic) bond motifs is 9. The van der Waals surface area contributed by atoms with Gasteiger partial charge in [-0.3, -0.25) is 0 Å². The minimum Gasteiger partial charge on any atom is -0.455 e. The zero-order valence-electron chi connectivity index (χ0n) is 40.2. The van der Waals surface area contributed by atoms with E-state index in [0.717, 1.165) is 55.7 Å². The molecule has 14 rings (SSSR count). The van der Waals surface area contributed by atoms with Crippen molar-refractivity contribution in [1.82, 2.24) is 0 Å². The summed E-state index contributed by atoms with van der Waals surface area (Å²) in [5.74, 6) is 0. The van der Waals surface area contributed by atoms with Crippen molar-refractivity contribution in [3.63, 3.8) is 0 Å². The fourth-order valence-electron chi connectivity index (χ4n) is 12.5. The SMILES string of the molecule is CC1(C)c2ccccc2-c2ccc(N(c3ccc4c(c3)C(c3ccccc3)(c3cccc(-c5ccccc5)c3)c3cccc(-c5cccc6c5oc5ccccc56)c3-4)c3ccccc3-c3ccccc3)cc21. The summed E-state index contributed by atoms with van der Waals surface area (Å²) in [5, 5.41) is 2.24. The molecule has 1 atom stereocenters. The predicted octanol–water partition coefficient (Wildman–Crippen LogP) is 18.7. The van der Waals surface area contributed by atoms with Crippen LogP contribution in [-0.4, -0.2) is 0 Å². The minimum atomic E-state index is -0.725. The molecule has 11 aromatic carbocycles. The second-order valence-corrected chi connectivity index (χ2v) is 19.9. The van der Waals surface area contributed by atoms with Crippen molar-refractivity contribution in [1.29, 1.82) is 0 Å². The van der Waals surface area contributed by atoms with Crippen LogP contribution in [0.1, 0.15) is 47.2 Å². The summed E-state index contributed by atoms with van der Waals surface area (Å²) in [5.41, 5.74) is 23.7. The highest BCUT2D eigenvalue weighted by Crippen LogP contribution is 2.61.